The minimum Gasteiger partial charge on any atom is -0.481 e. The van der Waals surface area contributed by atoms with Gasteiger partial charge in [0.1, 0.15) is 0 Å². The summed E-state index contributed by atoms with van der Waals surface area (Å²) in [6.07, 6.45) is 1.82. The van der Waals surface area contributed by atoms with Crippen molar-refractivity contribution in [3.63, 3.8) is 0 Å². The van der Waals surface area contributed by atoms with E-state index in [2.05, 4.69) is 0 Å². The van der Waals surface area contributed by atoms with Gasteiger partial charge in [0.15, 0.2) is 11.6 Å². The second-order valence-electron chi connectivity index (χ2n) is 6.18. The number of halogens is 2. The quantitative estimate of drug-likeness (QED) is 0.926. The Bertz CT molecular complexity index is 619. The Morgan fingerprint density at radius 2 is 2.00 bits per heavy atom. The number of carboxylic acid groups (broad SMARTS) is 1. The van der Waals surface area contributed by atoms with Gasteiger partial charge in [0.25, 0.3) is 0 Å². The van der Waals surface area contributed by atoms with Crippen molar-refractivity contribution in [2.45, 2.75) is 19.3 Å². The standard InChI is InChI=1S/C16H17F2NO3/c17-13-2-1-9(6-14(13)18)5-10-3-4-19(8-10)15(20)11-7-12(11)16(21)22/h1-2,6,10-12H,3-5,7-8H2,(H,21,22)/t10?,11-,12-/m1/s1. The van der Waals surface area contributed by atoms with Gasteiger partial charge in [-0.15, -0.1) is 0 Å². The summed E-state index contributed by atoms with van der Waals surface area (Å²) in [4.78, 5) is 24.7. The second kappa shape index (κ2) is 5.66. The Labute approximate surface area is 126 Å². The average molecular weight is 309 g/mol. The first-order valence-electron chi connectivity index (χ1n) is 7.41. The van der Waals surface area contributed by atoms with Crippen LogP contribution in [0.15, 0.2) is 18.2 Å². The maximum atomic E-state index is 13.2. The van der Waals surface area contributed by atoms with Crippen LogP contribution in [0.5, 0.6) is 0 Å². The molecule has 0 radical (unpaired) electrons. The SMILES string of the molecule is O=C(O)[C@@H]1C[C@H]1C(=O)N1CCC(Cc2ccc(F)c(F)c2)C1. The molecule has 1 N–H and O–H groups in total. The first-order chi connectivity index (χ1) is 10.5. The predicted octanol–water partition coefficient (Wildman–Crippen LogP) is 2.08. The maximum Gasteiger partial charge on any atom is 0.307 e. The zero-order valence-electron chi connectivity index (χ0n) is 12.0. The lowest BCUT2D eigenvalue weighted by Crippen LogP contribution is -2.31. The number of hydrogen-bond acceptors (Lipinski definition) is 2. The molecule has 3 rings (SSSR count). The highest BCUT2D eigenvalue weighted by atomic mass is 19.2. The first kappa shape index (κ1) is 14.9. The summed E-state index contributed by atoms with van der Waals surface area (Å²) in [6.45, 7) is 1.16. The van der Waals surface area contributed by atoms with Crippen LogP contribution in [-0.2, 0) is 16.0 Å². The molecule has 0 bridgehead atoms. The third kappa shape index (κ3) is 2.96. The Kier molecular flexibility index (Phi) is 3.85. The van der Waals surface area contributed by atoms with Crippen molar-refractivity contribution in [1.82, 2.24) is 4.90 Å². The molecule has 4 nitrogen and oxygen atoms in total. The van der Waals surface area contributed by atoms with Crippen molar-refractivity contribution in [2.75, 3.05) is 13.1 Å². The Morgan fingerprint density at radius 3 is 2.64 bits per heavy atom. The molecular weight excluding hydrogens is 292 g/mol. The molecule has 118 valence electrons. The summed E-state index contributed by atoms with van der Waals surface area (Å²) >= 11 is 0. The molecule has 1 aliphatic carbocycles. The topological polar surface area (TPSA) is 57.6 Å². The average Bonchev–Trinajstić information content (AvgIpc) is 3.15. The van der Waals surface area contributed by atoms with Crippen LogP contribution < -0.4 is 0 Å². The summed E-state index contributed by atoms with van der Waals surface area (Å²) < 4.78 is 26.1. The number of carbonyl (C=O) groups excluding carboxylic acids is 1. The number of hydrogen-bond donors (Lipinski definition) is 1. The van der Waals surface area contributed by atoms with Crippen LogP contribution in [0.4, 0.5) is 8.78 Å². The van der Waals surface area contributed by atoms with Crippen LogP contribution in [0.2, 0.25) is 0 Å². The molecule has 0 spiro atoms. The molecule has 3 atom stereocenters. The summed E-state index contributed by atoms with van der Waals surface area (Å²) in [5, 5.41) is 8.87. The van der Waals surface area contributed by atoms with E-state index in [1.54, 1.807) is 11.0 Å². The van der Waals surface area contributed by atoms with E-state index in [1.807, 2.05) is 0 Å². The fraction of sp³-hybridized carbons (Fsp3) is 0.500. The van der Waals surface area contributed by atoms with E-state index < -0.39 is 23.5 Å². The Morgan fingerprint density at radius 1 is 1.23 bits per heavy atom. The van der Waals surface area contributed by atoms with E-state index in [0.717, 1.165) is 12.5 Å². The zero-order valence-corrected chi connectivity index (χ0v) is 12.0. The molecule has 1 saturated carbocycles. The molecule has 22 heavy (non-hydrogen) atoms. The van der Waals surface area contributed by atoms with Gasteiger partial charge in [-0.1, -0.05) is 6.07 Å². The van der Waals surface area contributed by atoms with Crippen LogP contribution >= 0.6 is 0 Å². The zero-order chi connectivity index (χ0) is 15.9. The monoisotopic (exact) mass is 309 g/mol. The summed E-state index contributed by atoms with van der Waals surface area (Å²) in [5.41, 5.74) is 0.716. The van der Waals surface area contributed by atoms with Gasteiger partial charge in [0.2, 0.25) is 5.91 Å². The fourth-order valence-electron chi connectivity index (χ4n) is 3.17. The minimum atomic E-state index is -0.907. The lowest BCUT2D eigenvalue weighted by Gasteiger charge is -2.16. The number of carboxylic acids is 1. The van der Waals surface area contributed by atoms with Gasteiger partial charge in [-0.25, -0.2) is 8.78 Å². The van der Waals surface area contributed by atoms with Crippen molar-refractivity contribution in [3.05, 3.63) is 35.4 Å². The van der Waals surface area contributed by atoms with Crippen molar-refractivity contribution >= 4 is 11.9 Å². The third-order valence-electron chi connectivity index (χ3n) is 4.53. The molecule has 1 unspecified atom stereocenters. The molecule has 0 aromatic heterocycles. The third-order valence-corrected chi connectivity index (χ3v) is 4.53. The van der Waals surface area contributed by atoms with Gasteiger partial charge in [-0.2, -0.15) is 0 Å². The van der Waals surface area contributed by atoms with Crippen LogP contribution in [-0.4, -0.2) is 35.0 Å². The highest BCUT2D eigenvalue weighted by Gasteiger charge is 2.50. The summed E-state index contributed by atoms with van der Waals surface area (Å²) in [7, 11) is 0. The van der Waals surface area contributed by atoms with Gasteiger partial charge >= 0.3 is 5.97 Å². The molecule has 2 fully saturated rings. The number of rotatable bonds is 4. The highest BCUT2D eigenvalue weighted by Crippen LogP contribution is 2.41. The molecule has 1 saturated heterocycles. The van der Waals surface area contributed by atoms with E-state index in [-0.39, 0.29) is 17.7 Å². The molecule has 2 aliphatic rings. The van der Waals surface area contributed by atoms with Crippen LogP contribution in [0.25, 0.3) is 0 Å². The fourth-order valence-corrected chi connectivity index (χ4v) is 3.17. The number of likely N-dealkylation sites (tertiary alicyclic amines) is 1. The lowest BCUT2D eigenvalue weighted by molar-refractivity contribution is -0.141. The van der Waals surface area contributed by atoms with Gasteiger partial charge in [0, 0.05) is 13.1 Å². The van der Waals surface area contributed by atoms with Crippen molar-refractivity contribution in [2.24, 2.45) is 17.8 Å². The minimum absolute atomic E-state index is 0.0832. The molecular formula is C16H17F2NO3. The van der Waals surface area contributed by atoms with Gasteiger partial charge in [-0.05, 0) is 42.9 Å². The van der Waals surface area contributed by atoms with Gasteiger partial charge < -0.3 is 10.0 Å². The molecule has 1 heterocycles. The molecule has 6 heteroatoms. The van der Waals surface area contributed by atoms with Crippen LogP contribution in [0.3, 0.4) is 0 Å². The van der Waals surface area contributed by atoms with Crippen molar-refractivity contribution in [3.8, 4) is 0 Å². The van der Waals surface area contributed by atoms with E-state index in [1.165, 1.54) is 6.07 Å². The Balaban J connectivity index is 1.55. The van der Waals surface area contributed by atoms with E-state index in [4.69, 9.17) is 5.11 Å². The number of aliphatic carboxylic acids is 1. The van der Waals surface area contributed by atoms with E-state index in [9.17, 15) is 18.4 Å². The molecule has 1 aromatic carbocycles. The summed E-state index contributed by atoms with van der Waals surface area (Å²) in [5.74, 6) is -3.41. The van der Waals surface area contributed by atoms with Crippen LogP contribution in [0.1, 0.15) is 18.4 Å². The van der Waals surface area contributed by atoms with Gasteiger partial charge in [0.05, 0.1) is 11.8 Å². The second-order valence-corrected chi connectivity index (χ2v) is 6.18. The maximum absolute atomic E-state index is 13.2. The number of carbonyl (C=O) groups is 2. The number of nitrogens with zero attached hydrogens (tertiary/aromatic N) is 1. The predicted molar refractivity (Wildman–Crippen MR) is 74.0 cm³/mol. The lowest BCUT2D eigenvalue weighted by atomic mass is 9.98. The first-order valence-corrected chi connectivity index (χ1v) is 7.41. The van der Waals surface area contributed by atoms with E-state index in [0.29, 0.717) is 31.5 Å². The largest absolute Gasteiger partial charge is 0.481 e. The number of amides is 1. The van der Waals surface area contributed by atoms with Crippen molar-refractivity contribution < 1.29 is 23.5 Å². The normalized spacial score (nSPS) is 27.0. The highest BCUT2D eigenvalue weighted by molar-refractivity contribution is 5.89. The Hall–Kier alpha value is -1.98. The summed E-state index contributed by atoms with van der Waals surface area (Å²) in [6, 6.07) is 3.87. The smallest absolute Gasteiger partial charge is 0.307 e. The van der Waals surface area contributed by atoms with Crippen molar-refractivity contribution in [1.29, 1.82) is 0 Å². The van der Waals surface area contributed by atoms with Gasteiger partial charge in [-0.3, -0.25) is 9.59 Å². The van der Waals surface area contributed by atoms with Crippen LogP contribution in [0, 0.1) is 29.4 Å². The molecule has 1 amide bonds. The molecule has 1 aromatic rings. The number of benzene rings is 1. The molecule has 1 aliphatic heterocycles. The van der Waals surface area contributed by atoms with E-state index >= 15 is 0 Å².